The number of thiazole rings is 1. The summed E-state index contributed by atoms with van der Waals surface area (Å²) in [6.07, 6.45) is -4.39. The smallest absolute Gasteiger partial charge is 0.310 e. The molecule has 31 heavy (non-hydrogen) atoms. The van der Waals surface area contributed by atoms with E-state index in [0.717, 1.165) is 33.5 Å². The molecule has 1 amide bonds. The van der Waals surface area contributed by atoms with Gasteiger partial charge in [0.15, 0.2) is 0 Å². The van der Waals surface area contributed by atoms with Crippen LogP contribution in [0.1, 0.15) is 40.3 Å². The second-order valence-corrected chi connectivity index (χ2v) is 8.66. The molecule has 1 aliphatic rings. The van der Waals surface area contributed by atoms with Crippen LogP contribution in [0.4, 0.5) is 19.0 Å². The van der Waals surface area contributed by atoms with Gasteiger partial charge >= 0.3 is 6.18 Å². The molecular weight excluding hydrogens is 425 g/mol. The number of alkyl halides is 3. The standard InChI is InChI=1S/C22H17F3N4OS/c1-11-6-7-16-17(8-11)31-21(26-16)29-20-19(12(2)28-29)15(10-18(30)27-20)13-4-3-5-14(9-13)22(23,24)25/h3-9,15H,10H2,1-2H3,(H,27,30). The first-order valence-corrected chi connectivity index (χ1v) is 10.5. The maximum Gasteiger partial charge on any atom is 0.416 e. The first kappa shape index (κ1) is 19.7. The van der Waals surface area contributed by atoms with Gasteiger partial charge in [-0.3, -0.25) is 4.79 Å². The van der Waals surface area contributed by atoms with Gasteiger partial charge in [-0.25, -0.2) is 4.98 Å². The van der Waals surface area contributed by atoms with Crippen molar-refractivity contribution in [2.45, 2.75) is 32.4 Å². The van der Waals surface area contributed by atoms with Crippen LogP contribution in [0.5, 0.6) is 0 Å². The monoisotopic (exact) mass is 442 g/mol. The highest BCUT2D eigenvalue weighted by Crippen LogP contribution is 2.42. The van der Waals surface area contributed by atoms with Crippen LogP contribution < -0.4 is 5.32 Å². The van der Waals surface area contributed by atoms with Crippen LogP contribution in [-0.2, 0) is 11.0 Å². The summed E-state index contributed by atoms with van der Waals surface area (Å²) in [5, 5.41) is 8.04. The van der Waals surface area contributed by atoms with E-state index in [2.05, 4.69) is 15.4 Å². The van der Waals surface area contributed by atoms with Crippen LogP contribution in [0.2, 0.25) is 0 Å². The summed E-state index contributed by atoms with van der Waals surface area (Å²) in [6, 6.07) is 11.1. The second kappa shape index (κ2) is 6.91. The number of amides is 1. The molecule has 2 aromatic heterocycles. The van der Waals surface area contributed by atoms with E-state index < -0.39 is 17.7 Å². The number of hydrogen-bond donors (Lipinski definition) is 1. The van der Waals surface area contributed by atoms with Crippen LogP contribution in [0.25, 0.3) is 15.3 Å². The number of halogens is 3. The maximum atomic E-state index is 13.2. The molecule has 1 atom stereocenters. The highest BCUT2D eigenvalue weighted by molar-refractivity contribution is 7.20. The van der Waals surface area contributed by atoms with Crippen LogP contribution in [-0.4, -0.2) is 20.7 Å². The Balaban J connectivity index is 1.65. The highest BCUT2D eigenvalue weighted by Gasteiger charge is 2.35. The third kappa shape index (κ3) is 3.38. The quantitative estimate of drug-likeness (QED) is 0.440. The molecule has 0 aliphatic carbocycles. The van der Waals surface area contributed by atoms with E-state index >= 15 is 0 Å². The lowest BCUT2D eigenvalue weighted by Gasteiger charge is -2.24. The van der Waals surface area contributed by atoms with Gasteiger partial charge in [0.05, 0.1) is 21.5 Å². The normalized spacial score (nSPS) is 16.4. The van der Waals surface area contributed by atoms with E-state index in [4.69, 9.17) is 0 Å². The van der Waals surface area contributed by atoms with Crippen LogP contribution in [0.15, 0.2) is 42.5 Å². The van der Waals surface area contributed by atoms with Gasteiger partial charge in [0.25, 0.3) is 0 Å². The van der Waals surface area contributed by atoms with Crippen LogP contribution in [0, 0.1) is 13.8 Å². The van der Waals surface area contributed by atoms with Crippen molar-refractivity contribution in [2.75, 3.05) is 5.32 Å². The van der Waals surface area contributed by atoms with Gasteiger partial charge < -0.3 is 5.32 Å². The first-order valence-electron chi connectivity index (χ1n) is 9.65. The topological polar surface area (TPSA) is 59.8 Å². The van der Waals surface area contributed by atoms with Crippen molar-refractivity contribution in [1.82, 2.24) is 14.8 Å². The molecule has 1 aliphatic heterocycles. The largest absolute Gasteiger partial charge is 0.416 e. The predicted molar refractivity (Wildman–Crippen MR) is 113 cm³/mol. The Kier molecular flexibility index (Phi) is 4.40. The molecule has 0 bridgehead atoms. The molecule has 4 aromatic rings. The number of fused-ring (bicyclic) bond motifs is 2. The van der Waals surface area contributed by atoms with Crippen LogP contribution in [0.3, 0.4) is 0 Å². The molecule has 9 heteroatoms. The van der Waals surface area contributed by atoms with Crippen molar-refractivity contribution < 1.29 is 18.0 Å². The first-order chi connectivity index (χ1) is 14.7. The van der Waals surface area contributed by atoms with E-state index in [9.17, 15) is 18.0 Å². The second-order valence-electron chi connectivity index (χ2n) is 7.66. The third-order valence-electron chi connectivity index (χ3n) is 5.43. The Labute approximate surface area is 179 Å². The summed E-state index contributed by atoms with van der Waals surface area (Å²) in [5.74, 6) is -0.323. The average molecular weight is 442 g/mol. The number of hydrogen-bond acceptors (Lipinski definition) is 4. The van der Waals surface area contributed by atoms with Crippen molar-refractivity contribution in [3.63, 3.8) is 0 Å². The van der Waals surface area contributed by atoms with Crippen LogP contribution >= 0.6 is 11.3 Å². The molecule has 0 saturated carbocycles. The number of nitrogens with one attached hydrogen (secondary N) is 1. The number of carbonyl (C=O) groups is 1. The molecular formula is C22H17F3N4OS. The minimum absolute atomic E-state index is 0.0554. The summed E-state index contributed by atoms with van der Waals surface area (Å²) in [6.45, 7) is 3.80. The Hall–Kier alpha value is -3.20. The lowest BCUT2D eigenvalue weighted by atomic mass is 9.85. The van der Waals surface area contributed by atoms with Gasteiger partial charge in [0.2, 0.25) is 11.0 Å². The molecule has 0 saturated heterocycles. The average Bonchev–Trinajstić information content (AvgIpc) is 3.27. The van der Waals surface area contributed by atoms with Crippen molar-refractivity contribution in [3.05, 3.63) is 70.4 Å². The minimum atomic E-state index is -4.45. The van der Waals surface area contributed by atoms with E-state index in [1.165, 1.54) is 17.4 Å². The van der Waals surface area contributed by atoms with Crippen molar-refractivity contribution >= 4 is 33.3 Å². The number of benzene rings is 2. The van der Waals surface area contributed by atoms with Gasteiger partial charge in [0.1, 0.15) is 5.82 Å². The highest BCUT2D eigenvalue weighted by atomic mass is 32.1. The fourth-order valence-electron chi connectivity index (χ4n) is 4.01. The Morgan fingerprint density at radius 3 is 2.74 bits per heavy atom. The number of nitrogens with zero attached hydrogens (tertiary/aromatic N) is 3. The number of anilines is 1. The van der Waals surface area contributed by atoms with Crippen molar-refractivity contribution in [3.8, 4) is 5.13 Å². The zero-order chi connectivity index (χ0) is 21.9. The molecule has 0 fully saturated rings. The fraction of sp³-hybridized carbons (Fsp3) is 0.227. The molecule has 0 spiro atoms. The fourth-order valence-corrected chi connectivity index (χ4v) is 5.03. The molecule has 5 nitrogen and oxygen atoms in total. The zero-order valence-electron chi connectivity index (χ0n) is 16.6. The summed E-state index contributed by atoms with van der Waals surface area (Å²) in [7, 11) is 0. The number of aryl methyl sites for hydroxylation is 2. The molecule has 0 radical (unpaired) electrons. The SMILES string of the molecule is Cc1ccc2nc(-n3nc(C)c4c3NC(=O)CC4c3cccc(C(F)(F)F)c3)sc2c1. The van der Waals surface area contributed by atoms with E-state index in [-0.39, 0.29) is 12.3 Å². The summed E-state index contributed by atoms with van der Waals surface area (Å²) < 4.78 is 42.3. The Morgan fingerprint density at radius 2 is 1.97 bits per heavy atom. The van der Waals surface area contributed by atoms with Gasteiger partial charge in [0, 0.05) is 17.9 Å². The predicted octanol–water partition coefficient (Wildman–Crippen LogP) is 5.59. The minimum Gasteiger partial charge on any atom is -0.310 e. The number of carbonyl (C=O) groups excluding carboxylic acids is 1. The number of rotatable bonds is 2. The molecule has 5 rings (SSSR count). The van der Waals surface area contributed by atoms with Gasteiger partial charge in [-0.05, 0) is 43.2 Å². The summed E-state index contributed by atoms with van der Waals surface area (Å²) in [4.78, 5) is 17.1. The van der Waals surface area contributed by atoms with Crippen molar-refractivity contribution in [2.24, 2.45) is 0 Å². The molecule has 2 aromatic carbocycles. The lowest BCUT2D eigenvalue weighted by Crippen LogP contribution is -2.25. The molecule has 1 N–H and O–H groups in total. The summed E-state index contributed by atoms with van der Waals surface area (Å²) in [5.41, 5.74) is 3.00. The number of aromatic nitrogens is 3. The molecule has 1 unspecified atom stereocenters. The van der Waals surface area contributed by atoms with Crippen molar-refractivity contribution in [1.29, 1.82) is 0 Å². The van der Waals surface area contributed by atoms with Gasteiger partial charge in [-0.2, -0.15) is 23.0 Å². The van der Waals surface area contributed by atoms with E-state index in [0.29, 0.717) is 22.2 Å². The Bertz CT molecular complexity index is 1340. The third-order valence-corrected chi connectivity index (χ3v) is 6.43. The summed E-state index contributed by atoms with van der Waals surface area (Å²) >= 11 is 1.44. The molecule has 158 valence electrons. The molecule has 3 heterocycles. The zero-order valence-corrected chi connectivity index (χ0v) is 17.4. The maximum absolute atomic E-state index is 13.2. The van der Waals surface area contributed by atoms with Gasteiger partial charge in [-0.1, -0.05) is 35.6 Å². The van der Waals surface area contributed by atoms with E-state index in [1.54, 1.807) is 17.7 Å². The Morgan fingerprint density at radius 1 is 1.16 bits per heavy atom. The lowest BCUT2D eigenvalue weighted by molar-refractivity contribution is -0.137. The van der Waals surface area contributed by atoms with E-state index in [1.807, 2.05) is 25.1 Å². The van der Waals surface area contributed by atoms with Gasteiger partial charge in [-0.15, -0.1) is 0 Å².